The average Bonchev–Trinajstić information content (AvgIpc) is 3.16. The third kappa shape index (κ3) is 2.92. The normalized spacial score (nSPS) is 19.4. The standard InChI is InChI=1S/C18H21NO3/c1-13-16(9-11-22-13)18(21)19-10-5-8-15(19)12-17(20)14-6-3-2-4-7-14/h2-4,6-7,9,11,15,17,20H,5,8,10,12H2,1H3/t15-,17-/m1/s1. The van der Waals surface area contributed by atoms with E-state index in [0.29, 0.717) is 17.7 Å². The number of rotatable bonds is 4. The number of aliphatic hydroxyl groups excluding tert-OH is 1. The second kappa shape index (κ2) is 6.36. The number of aryl methyl sites for hydroxylation is 1. The lowest BCUT2D eigenvalue weighted by molar-refractivity contribution is 0.0665. The SMILES string of the molecule is Cc1occc1C(=O)N1CCC[C@@H]1C[C@@H](O)c1ccccc1. The number of benzene rings is 1. The van der Waals surface area contributed by atoms with Gasteiger partial charge in [0.1, 0.15) is 5.76 Å². The predicted molar refractivity (Wildman–Crippen MR) is 83.5 cm³/mol. The van der Waals surface area contributed by atoms with Crippen molar-refractivity contribution < 1.29 is 14.3 Å². The predicted octanol–water partition coefficient (Wildman–Crippen LogP) is 3.32. The van der Waals surface area contributed by atoms with Crippen LogP contribution >= 0.6 is 0 Å². The Kier molecular flexibility index (Phi) is 4.29. The van der Waals surface area contributed by atoms with Gasteiger partial charge in [0, 0.05) is 12.6 Å². The van der Waals surface area contributed by atoms with E-state index in [4.69, 9.17) is 4.42 Å². The molecule has 2 heterocycles. The number of nitrogens with zero attached hydrogens (tertiary/aromatic N) is 1. The van der Waals surface area contributed by atoms with Gasteiger partial charge in [-0.05, 0) is 37.8 Å². The molecule has 22 heavy (non-hydrogen) atoms. The van der Waals surface area contributed by atoms with E-state index in [9.17, 15) is 9.90 Å². The number of furan rings is 1. The molecule has 0 unspecified atom stereocenters. The molecule has 1 aliphatic rings. The third-order valence-corrected chi connectivity index (χ3v) is 4.41. The molecular weight excluding hydrogens is 278 g/mol. The summed E-state index contributed by atoms with van der Waals surface area (Å²) in [6.45, 7) is 2.55. The van der Waals surface area contributed by atoms with Crippen molar-refractivity contribution in [1.29, 1.82) is 0 Å². The maximum Gasteiger partial charge on any atom is 0.257 e. The smallest absolute Gasteiger partial charge is 0.257 e. The second-order valence-corrected chi connectivity index (χ2v) is 5.85. The molecule has 0 saturated carbocycles. The highest BCUT2D eigenvalue weighted by Crippen LogP contribution is 2.29. The molecule has 0 radical (unpaired) electrons. The van der Waals surface area contributed by atoms with E-state index in [2.05, 4.69) is 0 Å². The first kappa shape index (κ1) is 14.9. The van der Waals surface area contributed by atoms with Gasteiger partial charge in [-0.3, -0.25) is 4.79 Å². The van der Waals surface area contributed by atoms with Gasteiger partial charge in [0.2, 0.25) is 0 Å². The lowest BCUT2D eigenvalue weighted by Crippen LogP contribution is -2.36. The van der Waals surface area contributed by atoms with Gasteiger partial charge in [0.05, 0.1) is 17.9 Å². The molecule has 116 valence electrons. The minimum Gasteiger partial charge on any atom is -0.469 e. The van der Waals surface area contributed by atoms with Crippen LogP contribution in [-0.2, 0) is 0 Å². The van der Waals surface area contributed by atoms with E-state index >= 15 is 0 Å². The van der Waals surface area contributed by atoms with Gasteiger partial charge >= 0.3 is 0 Å². The summed E-state index contributed by atoms with van der Waals surface area (Å²) < 4.78 is 5.23. The van der Waals surface area contributed by atoms with Gasteiger partial charge in [0.25, 0.3) is 5.91 Å². The molecule has 1 aromatic heterocycles. The van der Waals surface area contributed by atoms with E-state index in [0.717, 1.165) is 24.9 Å². The van der Waals surface area contributed by atoms with Crippen molar-refractivity contribution in [2.24, 2.45) is 0 Å². The molecule has 4 heteroatoms. The molecule has 2 atom stereocenters. The number of aliphatic hydroxyl groups is 1. The number of likely N-dealkylation sites (tertiary alicyclic amines) is 1. The van der Waals surface area contributed by atoms with E-state index in [1.165, 1.54) is 0 Å². The fourth-order valence-electron chi connectivity index (χ4n) is 3.18. The summed E-state index contributed by atoms with van der Waals surface area (Å²) in [7, 11) is 0. The first-order valence-electron chi connectivity index (χ1n) is 7.75. The van der Waals surface area contributed by atoms with Crippen LogP contribution in [-0.4, -0.2) is 28.5 Å². The molecule has 1 amide bonds. The second-order valence-electron chi connectivity index (χ2n) is 5.85. The van der Waals surface area contributed by atoms with Crippen LogP contribution in [0.5, 0.6) is 0 Å². The van der Waals surface area contributed by atoms with Gasteiger partial charge in [-0.25, -0.2) is 0 Å². The summed E-state index contributed by atoms with van der Waals surface area (Å²) in [6.07, 6.45) is 3.51. The minimum absolute atomic E-state index is 0.00834. The Hall–Kier alpha value is -2.07. The monoisotopic (exact) mass is 299 g/mol. The maximum atomic E-state index is 12.6. The van der Waals surface area contributed by atoms with Crippen molar-refractivity contribution in [3.8, 4) is 0 Å². The van der Waals surface area contributed by atoms with E-state index in [1.807, 2.05) is 35.2 Å². The Bertz CT molecular complexity index is 635. The maximum absolute atomic E-state index is 12.6. The highest BCUT2D eigenvalue weighted by Gasteiger charge is 2.32. The highest BCUT2D eigenvalue weighted by molar-refractivity contribution is 5.95. The molecule has 1 fully saturated rings. The molecule has 4 nitrogen and oxygen atoms in total. The Morgan fingerprint density at radius 3 is 2.82 bits per heavy atom. The first-order valence-corrected chi connectivity index (χ1v) is 7.75. The largest absolute Gasteiger partial charge is 0.469 e. The van der Waals surface area contributed by atoms with Crippen molar-refractivity contribution in [2.45, 2.75) is 38.3 Å². The van der Waals surface area contributed by atoms with Gasteiger partial charge in [-0.1, -0.05) is 30.3 Å². The number of hydrogen-bond acceptors (Lipinski definition) is 3. The summed E-state index contributed by atoms with van der Waals surface area (Å²) in [5, 5.41) is 10.4. The van der Waals surface area contributed by atoms with Crippen LogP contribution in [0.15, 0.2) is 47.1 Å². The average molecular weight is 299 g/mol. The quantitative estimate of drug-likeness (QED) is 0.942. The molecule has 0 bridgehead atoms. The van der Waals surface area contributed by atoms with Gasteiger partial charge in [0.15, 0.2) is 0 Å². The van der Waals surface area contributed by atoms with Gasteiger partial charge < -0.3 is 14.4 Å². The molecule has 1 aromatic carbocycles. The van der Waals surface area contributed by atoms with Crippen LogP contribution in [0, 0.1) is 6.92 Å². The fourth-order valence-corrected chi connectivity index (χ4v) is 3.18. The molecule has 1 N–H and O–H groups in total. The van der Waals surface area contributed by atoms with Crippen LogP contribution in [0.1, 0.15) is 47.0 Å². The lowest BCUT2D eigenvalue weighted by atomic mass is 10.0. The number of carbonyl (C=O) groups is 1. The van der Waals surface area contributed by atoms with Crippen LogP contribution in [0.25, 0.3) is 0 Å². The van der Waals surface area contributed by atoms with Gasteiger partial charge in [-0.2, -0.15) is 0 Å². The molecule has 1 saturated heterocycles. The van der Waals surface area contributed by atoms with Crippen molar-refractivity contribution in [3.05, 3.63) is 59.5 Å². The molecule has 2 aromatic rings. The topological polar surface area (TPSA) is 53.7 Å². The zero-order chi connectivity index (χ0) is 15.5. The summed E-state index contributed by atoms with van der Waals surface area (Å²) in [4.78, 5) is 14.5. The third-order valence-electron chi connectivity index (χ3n) is 4.41. The first-order chi connectivity index (χ1) is 10.7. The Morgan fingerprint density at radius 2 is 2.14 bits per heavy atom. The van der Waals surface area contributed by atoms with Gasteiger partial charge in [-0.15, -0.1) is 0 Å². The fraction of sp³-hybridized carbons (Fsp3) is 0.389. The summed E-state index contributed by atoms with van der Waals surface area (Å²) in [5.41, 5.74) is 1.53. The van der Waals surface area contributed by atoms with Crippen LogP contribution < -0.4 is 0 Å². The Labute approximate surface area is 130 Å². The zero-order valence-corrected chi connectivity index (χ0v) is 12.7. The molecular formula is C18H21NO3. The summed E-state index contributed by atoms with van der Waals surface area (Å²) in [6, 6.07) is 11.4. The summed E-state index contributed by atoms with van der Waals surface area (Å²) >= 11 is 0. The Morgan fingerprint density at radius 1 is 1.36 bits per heavy atom. The minimum atomic E-state index is -0.537. The van der Waals surface area contributed by atoms with Crippen molar-refractivity contribution >= 4 is 5.91 Å². The molecule has 0 aliphatic carbocycles. The zero-order valence-electron chi connectivity index (χ0n) is 12.7. The van der Waals surface area contributed by atoms with Crippen molar-refractivity contribution in [1.82, 2.24) is 4.90 Å². The summed E-state index contributed by atoms with van der Waals surface area (Å²) in [5.74, 6) is 0.660. The van der Waals surface area contributed by atoms with E-state index in [1.54, 1.807) is 19.3 Å². The van der Waals surface area contributed by atoms with Crippen molar-refractivity contribution in [3.63, 3.8) is 0 Å². The highest BCUT2D eigenvalue weighted by atomic mass is 16.3. The Balaban J connectivity index is 1.71. The number of amides is 1. The molecule has 1 aliphatic heterocycles. The number of hydrogen-bond donors (Lipinski definition) is 1. The lowest BCUT2D eigenvalue weighted by Gasteiger charge is -2.26. The molecule has 3 rings (SSSR count). The molecule has 0 spiro atoms. The van der Waals surface area contributed by atoms with Crippen LogP contribution in [0.4, 0.5) is 0 Å². The van der Waals surface area contributed by atoms with Crippen molar-refractivity contribution in [2.75, 3.05) is 6.54 Å². The van der Waals surface area contributed by atoms with Crippen LogP contribution in [0.2, 0.25) is 0 Å². The number of carbonyl (C=O) groups excluding carboxylic acids is 1. The van der Waals surface area contributed by atoms with E-state index in [-0.39, 0.29) is 11.9 Å². The van der Waals surface area contributed by atoms with E-state index < -0.39 is 6.10 Å². The van der Waals surface area contributed by atoms with Crippen LogP contribution in [0.3, 0.4) is 0 Å².